The van der Waals surface area contributed by atoms with Crippen LogP contribution in [0.4, 0.5) is 5.69 Å². The predicted octanol–water partition coefficient (Wildman–Crippen LogP) is 3.84. The molecule has 1 aromatic carbocycles. The maximum atomic E-state index is 12.2. The number of hydrogen-bond donors (Lipinski definition) is 2. The van der Waals surface area contributed by atoms with E-state index in [4.69, 9.17) is 11.6 Å². The Morgan fingerprint density at radius 1 is 1.35 bits per heavy atom. The van der Waals surface area contributed by atoms with Crippen molar-refractivity contribution in [1.29, 1.82) is 0 Å². The number of anilines is 1. The van der Waals surface area contributed by atoms with Gasteiger partial charge >= 0.3 is 0 Å². The molecule has 3 nitrogen and oxygen atoms in total. The van der Waals surface area contributed by atoms with Crippen molar-refractivity contribution in [2.24, 2.45) is 5.92 Å². The van der Waals surface area contributed by atoms with Crippen molar-refractivity contribution in [3.63, 3.8) is 0 Å². The van der Waals surface area contributed by atoms with Gasteiger partial charge in [-0.3, -0.25) is 4.79 Å². The number of carbonyl (C=O) groups is 1. The Balaban J connectivity index is 1.88. The van der Waals surface area contributed by atoms with Gasteiger partial charge in [0.15, 0.2) is 0 Å². The Labute approximate surface area is 126 Å². The zero-order valence-corrected chi connectivity index (χ0v) is 12.9. The van der Waals surface area contributed by atoms with Crippen molar-refractivity contribution in [2.45, 2.75) is 51.6 Å². The quantitative estimate of drug-likeness (QED) is 0.886. The van der Waals surface area contributed by atoms with Crippen LogP contribution in [0.3, 0.4) is 0 Å². The fourth-order valence-corrected chi connectivity index (χ4v) is 2.97. The Morgan fingerprint density at radius 3 is 2.80 bits per heavy atom. The third kappa shape index (κ3) is 4.22. The van der Waals surface area contributed by atoms with Gasteiger partial charge in [-0.25, -0.2) is 0 Å². The standard InChI is InChI=1S/C16H23ClN2O/c1-11-6-3-4-9-15(11)18-12(2)16(20)19-14-8-5-7-13(17)10-14/h5,7-8,10-12,15,18H,3-4,6,9H2,1-2H3,(H,19,20)/t11-,12+,15-/m1/s1. The summed E-state index contributed by atoms with van der Waals surface area (Å²) in [5.41, 5.74) is 0.743. The molecule has 0 unspecified atom stereocenters. The second-order valence-corrected chi connectivity index (χ2v) is 6.19. The minimum absolute atomic E-state index is 0.00922. The predicted molar refractivity (Wildman–Crippen MR) is 84.1 cm³/mol. The molecule has 1 fully saturated rings. The third-order valence-electron chi connectivity index (χ3n) is 4.06. The van der Waals surface area contributed by atoms with Gasteiger partial charge in [-0.05, 0) is 43.9 Å². The summed E-state index contributed by atoms with van der Waals surface area (Å²) in [7, 11) is 0. The number of amides is 1. The monoisotopic (exact) mass is 294 g/mol. The van der Waals surface area contributed by atoms with Crippen LogP contribution < -0.4 is 10.6 Å². The topological polar surface area (TPSA) is 41.1 Å². The summed E-state index contributed by atoms with van der Waals surface area (Å²) in [6.45, 7) is 4.18. The molecule has 0 saturated heterocycles. The van der Waals surface area contributed by atoms with E-state index in [0.29, 0.717) is 17.0 Å². The first kappa shape index (κ1) is 15.3. The summed E-state index contributed by atoms with van der Waals surface area (Å²) in [5.74, 6) is 0.634. The smallest absolute Gasteiger partial charge is 0.241 e. The number of hydrogen-bond acceptors (Lipinski definition) is 2. The average molecular weight is 295 g/mol. The van der Waals surface area contributed by atoms with Gasteiger partial charge in [-0.2, -0.15) is 0 Å². The Hall–Kier alpha value is -1.06. The van der Waals surface area contributed by atoms with E-state index in [1.807, 2.05) is 19.1 Å². The molecule has 20 heavy (non-hydrogen) atoms. The number of rotatable bonds is 4. The molecule has 1 aliphatic rings. The van der Waals surface area contributed by atoms with Gasteiger partial charge in [0.25, 0.3) is 0 Å². The number of benzene rings is 1. The van der Waals surface area contributed by atoms with Gasteiger partial charge in [-0.15, -0.1) is 0 Å². The highest BCUT2D eigenvalue weighted by Gasteiger charge is 2.24. The zero-order chi connectivity index (χ0) is 14.5. The number of halogens is 1. The second kappa shape index (κ2) is 7.09. The van der Waals surface area contributed by atoms with E-state index in [9.17, 15) is 4.79 Å². The van der Waals surface area contributed by atoms with Crippen LogP contribution in [-0.4, -0.2) is 18.0 Å². The van der Waals surface area contributed by atoms with Gasteiger partial charge in [0, 0.05) is 16.8 Å². The van der Waals surface area contributed by atoms with Crippen LogP contribution in [0.15, 0.2) is 24.3 Å². The molecule has 0 aromatic heterocycles. The molecular formula is C16H23ClN2O. The highest BCUT2D eigenvalue weighted by Crippen LogP contribution is 2.24. The molecule has 2 rings (SSSR count). The average Bonchev–Trinajstić information content (AvgIpc) is 2.41. The maximum Gasteiger partial charge on any atom is 0.241 e. The molecule has 0 aliphatic heterocycles. The molecule has 0 radical (unpaired) electrons. The first-order valence-electron chi connectivity index (χ1n) is 7.39. The minimum Gasteiger partial charge on any atom is -0.325 e. The van der Waals surface area contributed by atoms with Crippen LogP contribution >= 0.6 is 11.6 Å². The largest absolute Gasteiger partial charge is 0.325 e. The van der Waals surface area contributed by atoms with Crippen LogP contribution in [0.25, 0.3) is 0 Å². The van der Waals surface area contributed by atoms with Crippen molar-refractivity contribution >= 4 is 23.2 Å². The van der Waals surface area contributed by atoms with E-state index >= 15 is 0 Å². The van der Waals surface area contributed by atoms with Crippen molar-refractivity contribution < 1.29 is 4.79 Å². The maximum absolute atomic E-state index is 12.2. The van der Waals surface area contributed by atoms with Crippen molar-refractivity contribution in [1.82, 2.24) is 5.32 Å². The minimum atomic E-state index is -0.195. The highest BCUT2D eigenvalue weighted by atomic mass is 35.5. The van der Waals surface area contributed by atoms with E-state index in [1.165, 1.54) is 19.3 Å². The molecule has 110 valence electrons. The van der Waals surface area contributed by atoms with E-state index in [-0.39, 0.29) is 11.9 Å². The Kier molecular flexibility index (Phi) is 5.44. The molecule has 4 heteroatoms. The van der Waals surface area contributed by atoms with Gasteiger partial charge in [0.2, 0.25) is 5.91 Å². The summed E-state index contributed by atoms with van der Waals surface area (Å²) in [6, 6.07) is 7.49. The lowest BCUT2D eigenvalue weighted by atomic mass is 9.85. The third-order valence-corrected chi connectivity index (χ3v) is 4.30. The fraction of sp³-hybridized carbons (Fsp3) is 0.562. The van der Waals surface area contributed by atoms with Crippen molar-refractivity contribution in [3.8, 4) is 0 Å². The molecule has 0 spiro atoms. The van der Waals surface area contributed by atoms with E-state index in [1.54, 1.807) is 12.1 Å². The van der Waals surface area contributed by atoms with Crippen LogP contribution in [-0.2, 0) is 4.79 Å². The molecule has 0 bridgehead atoms. The number of nitrogens with one attached hydrogen (secondary N) is 2. The van der Waals surface area contributed by atoms with Crippen LogP contribution in [0, 0.1) is 5.92 Å². The van der Waals surface area contributed by atoms with Crippen LogP contribution in [0.5, 0.6) is 0 Å². The van der Waals surface area contributed by atoms with Crippen molar-refractivity contribution in [3.05, 3.63) is 29.3 Å². The first-order chi connectivity index (χ1) is 9.56. The lowest BCUT2D eigenvalue weighted by molar-refractivity contribution is -0.118. The second-order valence-electron chi connectivity index (χ2n) is 5.76. The molecule has 3 atom stereocenters. The highest BCUT2D eigenvalue weighted by molar-refractivity contribution is 6.30. The lowest BCUT2D eigenvalue weighted by Gasteiger charge is -2.31. The first-order valence-corrected chi connectivity index (χ1v) is 7.76. The van der Waals surface area contributed by atoms with Crippen molar-refractivity contribution in [2.75, 3.05) is 5.32 Å². The van der Waals surface area contributed by atoms with Gasteiger partial charge in [-0.1, -0.05) is 37.4 Å². The summed E-state index contributed by atoms with van der Waals surface area (Å²) >= 11 is 5.92. The zero-order valence-electron chi connectivity index (χ0n) is 12.2. The molecular weight excluding hydrogens is 272 g/mol. The molecule has 0 heterocycles. The van der Waals surface area contributed by atoms with Crippen LogP contribution in [0.2, 0.25) is 5.02 Å². The SMILES string of the molecule is C[C@H](N[C@@H]1CCCC[C@H]1C)C(=O)Nc1cccc(Cl)c1. The molecule has 1 saturated carbocycles. The summed E-state index contributed by atoms with van der Waals surface area (Å²) in [5, 5.41) is 6.99. The van der Waals surface area contributed by atoms with E-state index in [0.717, 1.165) is 12.1 Å². The lowest BCUT2D eigenvalue weighted by Crippen LogP contribution is -2.47. The normalized spacial score (nSPS) is 24.1. The molecule has 1 aliphatic carbocycles. The fourth-order valence-electron chi connectivity index (χ4n) is 2.78. The van der Waals surface area contributed by atoms with Gasteiger partial charge < -0.3 is 10.6 Å². The van der Waals surface area contributed by atoms with Gasteiger partial charge in [0.1, 0.15) is 0 Å². The summed E-state index contributed by atoms with van der Waals surface area (Å²) in [4.78, 5) is 12.2. The molecule has 1 aromatic rings. The Bertz CT molecular complexity index is 464. The van der Waals surface area contributed by atoms with E-state index < -0.39 is 0 Å². The van der Waals surface area contributed by atoms with Gasteiger partial charge in [0.05, 0.1) is 6.04 Å². The Morgan fingerprint density at radius 2 is 2.10 bits per heavy atom. The number of carbonyl (C=O) groups excluding carboxylic acids is 1. The molecule has 1 amide bonds. The van der Waals surface area contributed by atoms with E-state index in [2.05, 4.69) is 17.6 Å². The summed E-state index contributed by atoms with van der Waals surface area (Å²) < 4.78 is 0. The van der Waals surface area contributed by atoms with Crippen LogP contribution in [0.1, 0.15) is 39.5 Å². The molecule has 2 N–H and O–H groups in total. The summed E-state index contributed by atoms with van der Waals surface area (Å²) in [6.07, 6.45) is 4.98.